The highest BCUT2D eigenvalue weighted by molar-refractivity contribution is 8.00. The molecule has 0 aliphatic carbocycles. The van der Waals surface area contributed by atoms with Crippen LogP contribution in [0.1, 0.15) is 62.3 Å². The number of likely N-dealkylation sites (N-methyl/N-ethyl adjacent to an activating group) is 2. The number of ether oxygens (including phenoxy) is 1. The Hall–Kier alpha value is -1.54. The highest BCUT2D eigenvalue weighted by Gasteiger charge is 2.44. The van der Waals surface area contributed by atoms with Crippen LogP contribution in [0, 0.1) is 11.3 Å². The zero-order chi connectivity index (χ0) is 25.7. The molecule has 1 aliphatic heterocycles. The molecular weight excluding hydrogens is 438 g/mol. The van der Waals surface area contributed by atoms with Crippen LogP contribution in [0.4, 0.5) is 0 Å². The highest BCUT2D eigenvalue weighted by Crippen LogP contribution is 2.35. The molecule has 0 aromatic carbocycles. The van der Waals surface area contributed by atoms with E-state index >= 15 is 0 Å². The fourth-order valence-electron chi connectivity index (χ4n) is 4.25. The lowest BCUT2D eigenvalue weighted by Gasteiger charge is -2.44. The number of carbonyl (C=O) groups is 3. The van der Waals surface area contributed by atoms with Crippen LogP contribution >= 0.6 is 11.8 Å². The first kappa shape index (κ1) is 29.5. The number of nitrogens with zero attached hydrogens (tertiary/aromatic N) is 2. The lowest BCUT2D eigenvalue weighted by molar-refractivity contribution is -0.141. The van der Waals surface area contributed by atoms with E-state index in [1.165, 1.54) is 0 Å². The van der Waals surface area contributed by atoms with Gasteiger partial charge in [0.25, 0.3) is 0 Å². The third-order valence-corrected chi connectivity index (χ3v) is 7.52. The summed E-state index contributed by atoms with van der Waals surface area (Å²) in [5, 5.41) is 3.09. The van der Waals surface area contributed by atoms with Gasteiger partial charge < -0.3 is 15.0 Å². The molecule has 1 saturated heterocycles. The van der Waals surface area contributed by atoms with Crippen LogP contribution < -0.4 is 5.32 Å². The van der Waals surface area contributed by atoms with E-state index in [-0.39, 0.29) is 40.5 Å². The van der Waals surface area contributed by atoms with Gasteiger partial charge in [0.2, 0.25) is 11.8 Å². The molecule has 8 heteroatoms. The molecule has 1 N–H and O–H groups in total. The Morgan fingerprint density at radius 1 is 1.27 bits per heavy atom. The number of esters is 1. The molecule has 1 rings (SSSR count). The zero-order valence-electron chi connectivity index (χ0n) is 22.4. The van der Waals surface area contributed by atoms with Crippen LogP contribution in [0.3, 0.4) is 0 Å². The van der Waals surface area contributed by atoms with Gasteiger partial charge in [-0.25, -0.2) is 4.79 Å². The molecule has 33 heavy (non-hydrogen) atoms. The number of carbonyl (C=O) groups excluding carboxylic acids is 3. The van der Waals surface area contributed by atoms with E-state index in [0.717, 1.165) is 12.3 Å². The van der Waals surface area contributed by atoms with Crippen molar-refractivity contribution in [2.45, 2.75) is 85.2 Å². The number of hydrogen-bond acceptors (Lipinski definition) is 6. The van der Waals surface area contributed by atoms with Gasteiger partial charge in [-0.1, -0.05) is 40.7 Å². The van der Waals surface area contributed by atoms with Crippen LogP contribution in [0.15, 0.2) is 11.6 Å². The number of nitrogens with one attached hydrogen (secondary N) is 1. The van der Waals surface area contributed by atoms with Crippen molar-refractivity contribution in [3.05, 3.63) is 11.6 Å². The minimum absolute atomic E-state index is 0.0689. The number of hydrogen-bond donors (Lipinski definition) is 1. The summed E-state index contributed by atoms with van der Waals surface area (Å²) in [4.78, 5) is 43.0. The summed E-state index contributed by atoms with van der Waals surface area (Å²) in [6.07, 6.45) is 1.79. The first-order chi connectivity index (χ1) is 15.0. The molecule has 0 saturated carbocycles. The van der Waals surface area contributed by atoms with E-state index in [9.17, 15) is 14.4 Å². The van der Waals surface area contributed by atoms with E-state index in [4.69, 9.17) is 4.74 Å². The molecule has 0 spiro atoms. The normalized spacial score (nSPS) is 21.3. The van der Waals surface area contributed by atoms with Gasteiger partial charge in [0.15, 0.2) is 0 Å². The molecule has 3 unspecified atom stereocenters. The molecule has 1 heterocycles. The standard InChI is InChI=1S/C25H45N3O4S/c1-12-32-23(31)17(4)15-18(16(2)3)28(11)22(30)19(24(5,6)7)26-21(29)20-25(8,9)33-14-13-27(20)10/h15-16,18-20H,12-14H2,1-11H3,(H,26,29)/b17-15+. The summed E-state index contributed by atoms with van der Waals surface area (Å²) >= 11 is 1.78. The fourth-order valence-corrected chi connectivity index (χ4v) is 5.60. The number of thioether (sulfide) groups is 1. The van der Waals surface area contributed by atoms with E-state index in [0.29, 0.717) is 12.2 Å². The lowest BCUT2D eigenvalue weighted by Crippen LogP contribution is -2.63. The molecule has 3 atom stereocenters. The minimum atomic E-state index is -0.705. The maximum absolute atomic E-state index is 13.7. The Morgan fingerprint density at radius 3 is 2.30 bits per heavy atom. The molecule has 0 radical (unpaired) electrons. The van der Waals surface area contributed by atoms with E-state index in [1.807, 2.05) is 41.7 Å². The summed E-state index contributed by atoms with van der Waals surface area (Å²) in [6.45, 7) is 18.6. The van der Waals surface area contributed by atoms with Gasteiger partial charge in [-0.15, -0.1) is 0 Å². The quantitative estimate of drug-likeness (QED) is 0.421. The second-order valence-electron chi connectivity index (χ2n) is 10.9. The lowest BCUT2D eigenvalue weighted by atomic mass is 9.84. The van der Waals surface area contributed by atoms with Gasteiger partial charge in [-0.05, 0) is 46.1 Å². The van der Waals surface area contributed by atoms with Gasteiger partial charge in [0, 0.05) is 29.7 Å². The highest BCUT2D eigenvalue weighted by atomic mass is 32.2. The first-order valence-corrected chi connectivity index (χ1v) is 12.8. The Kier molecular flexibility index (Phi) is 10.5. The maximum atomic E-state index is 13.7. The van der Waals surface area contributed by atoms with Crippen molar-refractivity contribution in [3.8, 4) is 0 Å². The smallest absolute Gasteiger partial charge is 0.333 e. The summed E-state index contributed by atoms with van der Waals surface area (Å²) < 4.78 is 4.85. The zero-order valence-corrected chi connectivity index (χ0v) is 23.3. The SMILES string of the molecule is CCOC(=O)/C(C)=C/C(C(C)C)N(C)C(=O)C(NC(=O)C1N(C)CCSC1(C)C)C(C)(C)C. The third kappa shape index (κ3) is 7.74. The Balaban J connectivity index is 3.21. The Morgan fingerprint density at radius 2 is 1.85 bits per heavy atom. The van der Waals surface area contributed by atoms with Crippen molar-refractivity contribution >= 4 is 29.5 Å². The summed E-state index contributed by atoms with van der Waals surface area (Å²) in [5.74, 6) is 0.353. The van der Waals surface area contributed by atoms with Gasteiger partial charge in [0.05, 0.1) is 12.6 Å². The average Bonchev–Trinajstić information content (AvgIpc) is 2.67. The summed E-state index contributed by atoms with van der Waals surface area (Å²) in [6, 6.07) is -1.34. The topological polar surface area (TPSA) is 79.0 Å². The second-order valence-corrected chi connectivity index (χ2v) is 12.6. The van der Waals surface area contributed by atoms with Crippen molar-refractivity contribution in [2.24, 2.45) is 11.3 Å². The molecule has 1 aliphatic rings. The van der Waals surface area contributed by atoms with E-state index in [2.05, 4.69) is 24.1 Å². The van der Waals surface area contributed by atoms with Crippen LogP contribution in [0.2, 0.25) is 0 Å². The fraction of sp³-hybridized carbons (Fsp3) is 0.800. The average molecular weight is 484 g/mol. The van der Waals surface area contributed by atoms with Crippen LogP contribution in [0.5, 0.6) is 0 Å². The van der Waals surface area contributed by atoms with E-state index < -0.39 is 11.5 Å². The van der Waals surface area contributed by atoms with Gasteiger partial charge in [-0.2, -0.15) is 11.8 Å². The van der Waals surface area contributed by atoms with Crippen LogP contribution in [0.25, 0.3) is 0 Å². The van der Waals surface area contributed by atoms with Gasteiger partial charge in [-0.3, -0.25) is 14.5 Å². The van der Waals surface area contributed by atoms with Crippen molar-refractivity contribution < 1.29 is 19.1 Å². The summed E-state index contributed by atoms with van der Waals surface area (Å²) in [5.41, 5.74) is -0.0263. The molecule has 2 amide bonds. The molecule has 7 nitrogen and oxygen atoms in total. The molecule has 0 bridgehead atoms. The first-order valence-electron chi connectivity index (χ1n) is 11.8. The van der Waals surface area contributed by atoms with Crippen molar-refractivity contribution in [3.63, 3.8) is 0 Å². The molecule has 0 aromatic heterocycles. The monoisotopic (exact) mass is 483 g/mol. The van der Waals surface area contributed by atoms with Crippen LogP contribution in [-0.4, -0.2) is 83.5 Å². The van der Waals surface area contributed by atoms with Crippen molar-refractivity contribution in [1.82, 2.24) is 15.1 Å². The predicted molar refractivity (Wildman–Crippen MR) is 136 cm³/mol. The van der Waals surface area contributed by atoms with Gasteiger partial charge >= 0.3 is 5.97 Å². The van der Waals surface area contributed by atoms with Gasteiger partial charge in [0.1, 0.15) is 12.1 Å². The predicted octanol–water partition coefficient (Wildman–Crippen LogP) is 3.34. The second kappa shape index (κ2) is 11.7. The van der Waals surface area contributed by atoms with Crippen molar-refractivity contribution in [1.29, 1.82) is 0 Å². The molecule has 1 fully saturated rings. The largest absolute Gasteiger partial charge is 0.463 e. The maximum Gasteiger partial charge on any atom is 0.333 e. The molecule has 190 valence electrons. The third-order valence-electron chi connectivity index (χ3n) is 6.16. The van der Waals surface area contributed by atoms with E-state index in [1.54, 1.807) is 43.6 Å². The Labute approximate surface area is 205 Å². The summed E-state index contributed by atoms with van der Waals surface area (Å²) in [7, 11) is 3.70. The van der Waals surface area contributed by atoms with Crippen LogP contribution in [-0.2, 0) is 19.1 Å². The Bertz CT molecular complexity index is 742. The number of amides is 2. The molecule has 0 aromatic rings. The molecular formula is C25H45N3O4S. The minimum Gasteiger partial charge on any atom is -0.463 e. The van der Waals surface area contributed by atoms with Crippen molar-refractivity contribution in [2.75, 3.05) is 33.0 Å². The number of rotatable bonds is 8.